The summed E-state index contributed by atoms with van der Waals surface area (Å²) < 4.78 is 10.9. The monoisotopic (exact) mass is 308 g/mol. The maximum Gasteiger partial charge on any atom is 0.303 e. The molecule has 0 N–H and O–H groups in total. The number of hydrogen-bond donors (Lipinski definition) is 0. The van der Waals surface area contributed by atoms with Crippen molar-refractivity contribution >= 4 is 23.2 Å². The van der Waals surface area contributed by atoms with Crippen LogP contribution in [0.15, 0.2) is 30.3 Å². The molecule has 0 saturated heterocycles. The van der Waals surface area contributed by atoms with E-state index in [1.807, 2.05) is 39.0 Å². The van der Waals surface area contributed by atoms with E-state index in [2.05, 4.69) is 12.1 Å². The summed E-state index contributed by atoms with van der Waals surface area (Å²) in [6.07, 6.45) is 2.02. The van der Waals surface area contributed by atoms with Gasteiger partial charge in [-0.05, 0) is 57.8 Å². The third-order valence-electron chi connectivity index (χ3n) is 2.75. The summed E-state index contributed by atoms with van der Waals surface area (Å²) in [4.78, 5) is 11.2. The minimum atomic E-state index is -0.458. The summed E-state index contributed by atoms with van der Waals surface area (Å²) in [6.45, 7) is 7.17. The van der Waals surface area contributed by atoms with Crippen LogP contribution in [-0.4, -0.2) is 22.7 Å². The molecule has 0 aliphatic heterocycles. The van der Waals surface area contributed by atoms with Crippen molar-refractivity contribution in [2.24, 2.45) is 0 Å². The molecular weight excluding hydrogens is 284 g/mol. The Balaban J connectivity index is 2.53. The van der Waals surface area contributed by atoms with Crippen molar-refractivity contribution in [2.75, 3.05) is 0 Å². The summed E-state index contributed by atoms with van der Waals surface area (Å²) in [5.41, 5.74) is 0.885. The number of ether oxygens (including phenoxy) is 2. The first kappa shape index (κ1) is 17.6. The van der Waals surface area contributed by atoms with Gasteiger partial charge in [0, 0.05) is 6.92 Å². The molecule has 21 heavy (non-hydrogen) atoms. The minimum Gasteiger partial charge on any atom is -0.478 e. The van der Waals surface area contributed by atoms with Crippen LogP contribution in [-0.2, 0) is 20.7 Å². The molecule has 0 amide bonds. The smallest absolute Gasteiger partial charge is 0.303 e. The Morgan fingerprint density at radius 1 is 1.24 bits per heavy atom. The van der Waals surface area contributed by atoms with E-state index in [4.69, 9.17) is 21.7 Å². The van der Waals surface area contributed by atoms with E-state index < -0.39 is 6.10 Å². The fourth-order valence-electron chi connectivity index (χ4n) is 1.93. The number of aryl methyl sites for hydroxylation is 1. The first-order valence-electron chi connectivity index (χ1n) is 7.22. The standard InChI is InChI=1S/C17H24O3S/c1-13(18)19-15(16(21)20-17(2,3)4)12-8-11-14-9-6-5-7-10-14/h5-7,9-10,15H,8,11-12H2,1-4H3. The molecule has 0 heterocycles. The van der Waals surface area contributed by atoms with E-state index in [0.717, 1.165) is 12.8 Å². The number of rotatable bonds is 6. The Kier molecular flexibility index (Phi) is 6.82. The lowest BCUT2D eigenvalue weighted by Gasteiger charge is -2.26. The molecule has 4 heteroatoms. The fourth-order valence-corrected chi connectivity index (χ4v) is 2.34. The fraction of sp³-hybridized carbons (Fsp3) is 0.529. The Labute approximate surface area is 132 Å². The van der Waals surface area contributed by atoms with Crippen molar-refractivity contribution in [1.82, 2.24) is 0 Å². The molecule has 0 radical (unpaired) electrons. The topological polar surface area (TPSA) is 35.5 Å². The van der Waals surface area contributed by atoms with Gasteiger partial charge in [-0.3, -0.25) is 4.79 Å². The van der Waals surface area contributed by atoms with E-state index in [-0.39, 0.29) is 11.6 Å². The molecule has 3 nitrogen and oxygen atoms in total. The Morgan fingerprint density at radius 2 is 1.86 bits per heavy atom. The molecule has 116 valence electrons. The van der Waals surface area contributed by atoms with Gasteiger partial charge in [0.25, 0.3) is 0 Å². The average Bonchev–Trinajstić information content (AvgIpc) is 2.36. The summed E-state index contributed by atoms with van der Waals surface area (Å²) in [5.74, 6) is -0.334. The predicted molar refractivity (Wildman–Crippen MR) is 88.4 cm³/mol. The second-order valence-electron chi connectivity index (χ2n) is 6.01. The molecule has 1 aromatic carbocycles. The van der Waals surface area contributed by atoms with E-state index in [0.29, 0.717) is 11.5 Å². The Hall–Kier alpha value is -1.42. The highest BCUT2D eigenvalue weighted by Gasteiger charge is 2.23. The lowest BCUT2D eigenvalue weighted by atomic mass is 10.1. The van der Waals surface area contributed by atoms with Gasteiger partial charge in [-0.2, -0.15) is 0 Å². The van der Waals surface area contributed by atoms with Crippen molar-refractivity contribution in [3.8, 4) is 0 Å². The zero-order valence-corrected chi connectivity index (χ0v) is 14.0. The lowest BCUT2D eigenvalue weighted by molar-refractivity contribution is -0.144. The molecular formula is C17H24O3S. The van der Waals surface area contributed by atoms with Crippen LogP contribution in [0.3, 0.4) is 0 Å². The van der Waals surface area contributed by atoms with Crippen LogP contribution in [0.25, 0.3) is 0 Å². The average molecular weight is 308 g/mol. The van der Waals surface area contributed by atoms with Gasteiger partial charge in [0.2, 0.25) is 5.05 Å². The number of carbonyl (C=O) groups excluding carboxylic acids is 1. The lowest BCUT2D eigenvalue weighted by Crippen LogP contribution is -2.33. The van der Waals surface area contributed by atoms with E-state index in [1.165, 1.54) is 12.5 Å². The molecule has 1 aromatic rings. The summed E-state index contributed by atoms with van der Waals surface area (Å²) in [5, 5.41) is 0.353. The number of carbonyl (C=O) groups is 1. The van der Waals surface area contributed by atoms with Gasteiger partial charge in [0.05, 0.1) is 0 Å². The second-order valence-corrected chi connectivity index (χ2v) is 6.41. The molecule has 0 aliphatic carbocycles. The van der Waals surface area contributed by atoms with Crippen LogP contribution in [0.4, 0.5) is 0 Å². The Bertz CT molecular complexity index is 463. The van der Waals surface area contributed by atoms with Crippen molar-refractivity contribution < 1.29 is 14.3 Å². The number of thiocarbonyl (C=S) groups is 1. The van der Waals surface area contributed by atoms with Gasteiger partial charge in [0.1, 0.15) is 5.60 Å². The van der Waals surface area contributed by atoms with E-state index in [1.54, 1.807) is 0 Å². The summed E-state index contributed by atoms with van der Waals surface area (Å²) in [7, 11) is 0. The van der Waals surface area contributed by atoms with Crippen LogP contribution in [0.2, 0.25) is 0 Å². The van der Waals surface area contributed by atoms with Crippen LogP contribution in [0, 0.1) is 0 Å². The number of esters is 1. The van der Waals surface area contributed by atoms with Gasteiger partial charge < -0.3 is 9.47 Å². The molecule has 1 rings (SSSR count). The van der Waals surface area contributed by atoms with Gasteiger partial charge in [-0.25, -0.2) is 0 Å². The van der Waals surface area contributed by atoms with E-state index in [9.17, 15) is 4.79 Å². The van der Waals surface area contributed by atoms with Crippen LogP contribution in [0.5, 0.6) is 0 Å². The molecule has 0 aromatic heterocycles. The summed E-state index contributed by atoms with van der Waals surface area (Å²) in [6, 6.07) is 10.2. The minimum absolute atomic E-state index is 0.334. The highest BCUT2D eigenvalue weighted by molar-refractivity contribution is 7.80. The van der Waals surface area contributed by atoms with Crippen molar-refractivity contribution in [2.45, 2.75) is 58.7 Å². The zero-order chi connectivity index (χ0) is 15.9. The first-order chi connectivity index (χ1) is 9.78. The molecule has 1 atom stereocenters. The molecule has 0 aliphatic rings. The largest absolute Gasteiger partial charge is 0.478 e. The highest BCUT2D eigenvalue weighted by atomic mass is 32.1. The van der Waals surface area contributed by atoms with Crippen molar-refractivity contribution in [3.63, 3.8) is 0 Å². The SMILES string of the molecule is CC(=O)OC(CCCc1ccccc1)C(=S)OC(C)(C)C. The predicted octanol–water partition coefficient (Wildman–Crippen LogP) is 4.08. The first-order valence-corrected chi connectivity index (χ1v) is 7.63. The maximum absolute atomic E-state index is 11.2. The third kappa shape index (κ3) is 7.81. The molecule has 0 spiro atoms. The maximum atomic E-state index is 11.2. The van der Waals surface area contributed by atoms with Crippen molar-refractivity contribution in [1.29, 1.82) is 0 Å². The van der Waals surface area contributed by atoms with Crippen LogP contribution >= 0.6 is 12.2 Å². The molecule has 0 bridgehead atoms. The van der Waals surface area contributed by atoms with Crippen molar-refractivity contribution in [3.05, 3.63) is 35.9 Å². The summed E-state index contributed by atoms with van der Waals surface area (Å²) >= 11 is 5.27. The Morgan fingerprint density at radius 3 is 2.38 bits per heavy atom. The van der Waals surface area contributed by atoms with Crippen LogP contribution < -0.4 is 0 Å². The van der Waals surface area contributed by atoms with Crippen LogP contribution in [0.1, 0.15) is 46.1 Å². The molecule has 1 unspecified atom stereocenters. The van der Waals surface area contributed by atoms with E-state index >= 15 is 0 Å². The zero-order valence-electron chi connectivity index (χ0n) is 13.2. The van der Waals surface area contributed by atoms with Gasteiger partial charge >= 0.3 is 5.97 Å². The number of hydrogen-bond acceptors (Lipinski definition) is 4. The molecule has 0 fully saturated rings. The van der Waals surface area contributed by atoms with Gasteiger partial charge in [-0.1, -0.05) is 30.3 Å². The normalized spacial score (nSPS) is 12.6. The highest BCUT2D eigenvalue weighted by Crippen LogP contribution is 2.16. The second kappa shape index (κ2) is 8.13. The third-order valence-corrected chi connectivity index (χ3v) is 3.10. The quantitative estimate of drug-likeness (QED) is 0.586. The van der Waals surface area contributed by atoms with Gasteiger partial charge in [-0.15, -0.1) is 0 Å². The van der Waals surface area contributed by atoms with Gasteiger partial charge in [0.15, 0.2) is 6.10 Å². The molecule has 0 saturated carbocycles. The number of benzene rings is 1.